The summed E-state index contributed by atoms with van der Waals surface area (Å²) in [5, 5.41) is -0.0308. The van der Waals surface area contributed by atoms with E-state index in [0.717, 1.165) is 18.4 Å². The summed E-state index contributed by atoms with van der Waals surface area (Å²) in [6.07, 6.45) is 2.56. The normalized spacial score (nSPS) is 15.5. The molecule has 0 spiro atoms. The molecule has 0 unspecified atom stereocenters. The van der Waals surface area contributed by atoms with E-state index in [1.54, 1.807) is 10.4 Å². The maximum absolute atomic E-state index is 11.1. The van der Waals surface area contributed by atoms with Crippen molar-refractivity contribution in [2.75, 3.05) is 13.7 Å². The fraction of sp³-hybridized carbons (Fsp3) is 0.500. The molecule has 0 saturated heterocycles. The number of ether oxygens (including phenoxy) is 1. The molecule has 1 heterocycles. The Kier molecular flexibility index (Phi) is 3.36. The second-order valence-corrected chi connectivity index (χ2v) is 3.75. The van der Waals surface area contributed by atoms with Crippen LogP contribution in [0, 0.1) is 0 Å². The smallest absolute Gasteiger partial charge is 0.354 e. The van der Waals surface area contributed by atoms with E-state index in [4.69, 9.17) is 0 Å². The molecule has 0 radical (unpaired) electrons. The third-order valence-corrected chi connectivity index (χ3v) is 2.43. The third-order valence-electron chi connectivity index (χ3n) is 1.57. The predicted octanol–water partition coefficient (Wildman–Crippen LogP) is 0.944. The van der Waals surface area contributed by atoms with E-state index >= 15 is 0 Å². The van der Waals surface area contributed by atoms with Crippen LogP contribution in [-0.2, 0) is 14.3 Å². The minimum atomic E-state index is -0.383. The molecule has 0 aromatic rings. The molecule has 0 atom stereocenters. The monoisotopic (exact) mass is 201 g/mol. The number of hydrogen-bond acceptors (Lipinski definition) is 5. The van der Waals surface area contributed by atoms with Crippen LogP contribution in [0.3, 0.4) is 0 Å². The van der Waals surface area contributed by atoms with Gasteiger partial charge in [0.05, 0.1) is 7.11 Å². The Balaban J connectivity index is 2.62. The third kappa shape index (κ3) is 2.48. The lowest BCUT2D eigenvalue weighted by atomic mass is 10.4. The van der Waals surface area contributed by atoms with Crippen LogP contribution in [0.4, 0.5) is 0 Å². The van der Waals surface area contributed by atoms with Gasteiger partial charge in [-0.05, 0) is 6.42 Å². The lowest BCUT2D eigenvalue weighted by molar-refractivity contribution is -0.137. The highest BCUT2D eigenvalue weighted by Gasteiger charge is 2.23. The molecule has 1 aliphatic heterocycles. The molecule has 72 valence electrons. The van der Waals surface area contributed by atoms with Crippen LogP contribution < -0.4 is 0 Å². The summed E-state index contributed by atoms with van der Waals surface area (Å²) in [7, 11) is 1.33. The van der Waals surface area contributed by atoms with Crippen molar-refractivity contribution in [1.29, 1.82) is 0 Å². The first-order chi connectivity index (χ1) is 6.15. The number of hydrogen-bond donors (Lipinski definition) is 0. The molecule has 5 heteroatoms. The van der Waals surface area contributed by atoms with Crippen LogP contribution in [0.25, 0.3) is 0 Å². The molecule has 1 rings (SSSR count). The molecule has 0 fully saturated rings. The first-order valence-electron chi connectivity index (χ1n) is 3.89. The first kappa shape index (κ1) is 10.1. The molecular weight excluding hydrogens is 190 g/mol. The van der Waals surface area contributed by atoms with Crippen LogP contribution >= 0.6 is 11.9 Å². The summed E-state index contributed by atoms with van der Waals surface area (Å²) in [5.41, 5.74) is 0.475. The van der Waals surface area contributed by atoms with Gasteiger partial charge in [-0.1, -0.05) is 6.08 Å². The Morgan fingerprint density at radius 2 is 2.31 bits per heavy atom. The van der Waals surface area contributed by atoms with E-state index in [1.165, 1.54) is 14.0 Å². The zero-order chi connectivity index (χ0) is 9.84. The van der Waals surface area contributed by atoms with Crippen molar-refractivity contribution in [3.8, 4) is 0 Å². The maximum Gasteiger partial charge on any atom is 0.354 e. The fourth-order valence-corrected chi connectivity index (χ4v) is 1.83. The van der Waals surface area contributed by atoms with Crippen LogP contribution in [0.5, 0.6) is 0 Å². The van der Waals surface area contributed by atoms with Gasteiger partial charge in [-0.25, -0.2) is 4.79 Å². The second kappa shape index (κ2) is 4.32. The quantitative estimate of drug-likeness (QED) is 0.491. The lowest BCUT2D eigenvalue weighted by Gasteiger charge is -2.16. The molecular formula is C8H11NO3S. The fourth-order valence-electron chi connectivity index (χ4n) is 1.08. The van der Waals surface area contributed by atoms with Crippen LogP contribution in [-0.4, -0.2) is 29.0 Å². The van der Waals surface area contributed by atoms with Crippen molar-refractivity contribution in [1.82, 2.24) is 4.31 Å². The largest absolute Gasteiger partial charge is 0.464 e. The predicted molar refractivity (Wildman–Crippen MR) is 49.7 cm³/mol. The first-order valence-corrected chi connectivity index (χ1v) is 4.67. The van der Waals surface area contributed by atoms with Gasteiger partial charge >= 0.3 is 5.97 Å². The standard InChI is InChI=1S/C8H11NO3S/c1-6(10)13-9-5-3-4-7(9)8(11)12-2/h4H,3,5H2,1-2H3. The molecule has 0 aromatic heterocycles. The van der Waals surface area contributed by atoms with Crippen LogP contribution in [0.1, 0.15) is 13.3 Å². The van der Waals surface area contributed by atoms with E-state index in [2.05, 4.69) is 4.74 Å². The highest BCUT2D eigenvalue weighted by Crippen LogP contribution is 2.24. The van der Waals surface area contributed by atoms with E-state index in [1.807, 2.05) is 0 Å². The number of carbonyl (C=O) groups is 2. The highest BCUT2D eigenvalue weighted by molar-refractivity contribution is 8.11. The summed E-state index contributed by atoms with van der Waals surface area (Å²) >= 11 is 1.04. The van der Waals surface area contributed by atoms with E-state index in [9.17, 15) is 9.59 Å². The van der Waals surface area contributed by atoms with Crippen molar-refractivity contribution >= 4 is 23.0 Å². The minimum absolute atomic E-state index is 0.0308. The molecule has 13 heavy (non-hydrogen) atoms. The average molecular weight is 201 g/mol. The molecule has 1 aliphatic rings. The van der Waals surface area contributed by atoms with E-state index < -0.39 is 0 Å². The zero-order valence-electron chi connectivity index (χ0n) is 7.57. The van der Waals surface area contributed by atoms with E-state index in [-0.39, 0.29) is 11.1 Å². The number of nitrogens with zero attached hydrogens (tertiary/aromatic N) is 1. The second-order valence-electron chi connectivity index (χ2n) is 2.55. The summed E-state index contributed by atoms with van der Waals surface area (Å²) in [5.74, 6) is -0.383. The van der Waals surface area contributed by atoms with Gasteiger partial charge in [-0.15, -0.1) is 0 Å². The van der Waals surface area contributed by atoms with Gasteiger partial charge in [-0.3, -0.25) is 4.79 Å². The minimum Gasteiger partial charge on any atom is -0.464 e. The SMILES string of the molecule is COC(=O)C1=CCCN1SC(C)=O. The number of methoxy groups -OCH3 is 1. The number of esters is 1. The van der Waals surface area contributed by atoms with Gasteiger partial charge in [0.15, 0.2) is 0 Å². The maximum atomic E-state index is 11.1. The molecule has 0 amide bonds. The molecule has 0 aromatic carbocycles. The average Bonchev–Trinajstić information content (AvgIpc) is 2.50. The summed E-state index contributed by atoms with van der Waals surface area (Å²) in [6.45, 7) is 2.16. The van der Waals surface area contributed by atoms with Crippen molar-refractivity contribution in [3.05, 3.63) is 11.8 Å². The van der Waals surface area contributed by atoms with Crippen molar-refractivity contribution in [2.24, 2.45) is 0 Å². The van der Waals surface area contributed by atoms with Crippen molar-refractivity contribution < 1.29 is 14.3 Å². The Morgan fingerprint density at radius 3 is 2.85 bits per heavy atom. The Labute approximate surface area is 81.1 Å². The van der Waals surface area contributed by atoms with Crippen LogP contribution in [0.2, 0.25) is 0 Å². The Hall–Kier alpha value is -0.970. The van der Waals surface area contributed by atoms with Gasteiger partial charge in [-0.2, -0.15) is 0 Å². The Bertz CT molecular complexity index is 262. The van der Waals surface area contributed by atoms with Gasteiger partial charge < -0.3 is 9.04 Å². The number of rotatable bonds is 2. The molecule has 4 nitrogen and oxygen atoms in total. The van der Waals surface area contributed by atoms with E-state index in [0.29, 0.717) is 12.2 Å². The summed E-state index contributed by atoms with van der Waals surface area (Å²) in [6, 6.07) is 0. The van der Waals surface area contributed by atoms with Gasteiger partial charge in [0.25, 0.3) is 0 Å². The lowest BCUT2D eigenvalue weighted by Crippen LogP contribution is -2.19. The Morgan fingerprint density at radius 1 is 1.62 bits per heavy atom. The van der Waals surface area contributed by atoms with Gasteiger partial charge in [0.1, 0.15) is 5.70 Å². The number of carbonyl (C=O) groups excluding carboxylic acids is 2. The summed E-state index contributed by atoms with van der Waals surface area (Å²) < 4.78 is 6.23. The van der Waals surface area contributed by atoms with Gasteiger partial charge in [0, 0.05) is 25.4 Å². The topological polar surface area (TPSA) is 46.6 Å². The highest BCUT2D eigenvalue weighted by atomic mass is 32.2. The van der Waals surface area contributed by atoms with Gasteiger partial charge in [0.2, 0.25) is 5.12 Å². The van der Waals surface area contributed by atoms with Crippen molar-refractivity contribution in [3.63, 3.8) is 0 Å². The molecule has 0 N–H and O–H groups in total. The summed E-state index contributed by atoms with van der Waals surface area (Å²) in [4.78, 5) is 21.9. The molecule has 0 bridgehead atoms. The van der Waals surface area contributed by atoms with Crippen molar-refractivity contribution in [2.45, 2.75) is 13.3 Å². The molecule has 0 saturated carbocycles. The molecule has 0 aliphatic carbocycles. The van der Waals surface area contributed by atoms with Crippen LogP contribution in [0.15, 0.2) is 11.8 Å². The zero-order valence-corrected chi connectivity index (χ0v) is 8.39.